The Balaban J connectivity index is 0. The second-order valence-electron chi connectivity index (χ2n) is 3.86. The molecule has 20 heavy (non-hydrogen) atoms. The summed E-state index contributed by atoms with van der Waals surface area (Å²) in [6.07, 6.45) is 2.44. The zero-order valence-electron chi connectivity index (χ0n) is 11.4. The van der Waals surface area contributed by atoms with Crippen molar-refractivity contribution in [3.8, 4) is 0 Å². The molecule has 0 aromatic carbocycles. The summed E-state index contributed by atoms with van der Waals surface area (Å²) in [4.78, 5) is 7.25. The molecule has 1 aliphatic rings. The standard InChI is InChI=1S/C10H24N4.3ClH.Fe.NO/c1-3-11-7-9-13-5-2-6-14-10-8-12-4-1;;;;;1-2/h11-14H,1-10H2;3*1H;;/q;;;;+3;/p-3. The Hall–Kier alpha value is 0.829. The largest absolute Gasteiger partial charge is 0.120 e. The van der Waals surface area contributed by atoms with Crippen LogP contribution in [0.4, 0.5) is 0 Å². The van der Waals surface area contributed by atoms with Gasteiger partial charge in [0, 0.05) is 26.2 Å². The molecule has 124 valence electrons. The van der Waals surface area contributed by atoms with Gasteiger partial charge in [0.05, 0.1) is 0 Å². The van der Waals surface area contributed by atoms with Crippen LogP contribution in [0, 0.1) is 4.91 Å². The fourth-order valence-corrected chi connectivity index (χ4v) is 1.53. The van der Waals surface area contributed by atoms with Gasteiger partial charge in [-0.1, -0.05) is 0 Å². The van der Waals surface area contributed by atoms with Gasteiger partial charge in [-0.2, -0.15) is 0 Å². The molecule has 0 spiro atoms. The van der Waals surface area contributed by atoms with E-state index in [0.717, 1.165) is 52.4 Å². The van der Waals surface area contributed by atoms with Crippen LogP contribution in [0.25, 0.3) is 0 Å². The van der Waals surface area contributed by atoms with E-state index >= 15 is 0 Å². The molecule has 0 saturated carbocycles. The van der Waals surface area contributed by atoms with E-state index < -0.39 is 11.2 Å². The number of hydrogen-bond donors (Lipinski definition) is 4. The van der Waals surface area contributed by atoms with Crippen molar-refractivity contribution in [1.29, 1.82) is 0 Å². The summed E-state index contributed by atoms with van der Waals surface area (Å²) < 4.78 is 0. The Bertz CT molecular complexity index is 129. The predicted molar refractivity (Wildman–Crippen MR) is 83.8 cm³/mol. The maximum absolute atomic E-state index is 7.25. The molecule has 1 radical (unpaired) electrons. The van der Waals surface area contributed by atoms with Crippen molar-refractivity contribution in [3.05, 3.63) is 4.91 Å². The van der Waals surface area contributed by atoms with Gasteiger partial charge in [-0.25, -0.2) is 0 Å². The van der Waals surface area contributed by atoms with Crippen LogP contribution in [-0.4, -0.2) is 52.4 Å². The molecule has 4 N–H and O–H groups in total. The van der Waals surface area contributed by atoms with Gasteiger partial charge in [-0.15, -0.1) is 4.91 Å². The van der Waals surface area contributed by atoms with Crippen molar-refractivity contribution < 1.29 is 11.2 Å². The molecular weight excluding hydrogens is 368 g/mol. The fourth-order valence-electron chi connectivity index (χ4n) is 1.53. The van der Waals surface area contributed by atoms with Crippen molar-refractivity contribution in [2.24, 2.45) is 0 Å². The first kappa shape index (κ1) is 23.1. The minimum absolute atomic E-state index is 1.09. The van der Waals surface area contributed by atoms with Gasteiger partial charge in [0.1, 0.15) is 5.59 Å². The van der Waals surface area contributed by atoms with Crippen LogP contribution in [0.5, 0.6) is 0 Å². The van der Waals surface area contributed by atoms with E-state index in [4.69, 9.17) is 40.8 Å². The maximum atomic E-state index is 7.25. The zero-order valence-corrected chi connectivity index (χ0v) is 14.8. The average Bonchev–Trinajstić information content (AvgIpc) is 2.43. The molecule has 1 saturated heterocycles. The Morgan fingerprint density at radius 2 is 0.800 bits per heavy atom. The Labute approximate surface area is 138 Å². The summed E-state index contributed by atoms with van der Waals surface area (Å²) >= 11 is -1.33. The normalized spacial score (nSPS) is 19.2. The number of nitrogens with one attached hydrogen (secondary N) is 4. The van der Waals surface area contributed by atoms with E-state index in [1.165, 1.54) is 12.8 Å². The smallest absolute Gasteiger partial charge is 0.120 e. The number of nitroso groups, excluding NO2 is 1. The molecule has 0 amide bonds. The van der Waals surface area contributed by atoms with Gasteiger partial charge < -0.3 is 21.3 Å². The minimum atomic E-state index is -1.33. The van der Waals surface area contributed by atoms with E-state index in [0.29, 0.717) is 0 Å². The topological polar surface area (TPSA) is 87.5 Å². The van der Waals surface area contributed by atoms with Crippen LogP contribution in [0.1, 0.15) is 12.8 Å². The molecule has 10 heteroatoms. The number of rotatable bonds is 0. The van der Waals surface area contributed by atoms with E-state index in [1.807, 2.05) is 0 Å². The van der Waals surface area contributed by atoms with E-state index in [2.05, 4.69) is 21.3 Å². The molecule has 0 unspecified atom stereocenters. The Morgan fingerprint density at radius 3 is 1.00 bits per heavy atom. The van der Waals surface area contributed by atoms with Crippen LogP contribution in [0.15, 0.2) is 0 Å². The molecule has 0 aliphatic carbocycles. The first-order valence-electron chi connectivity index (χ1n) is 6.41. The van der Waals surface area contributed by atoms with Gasteiger partial charge in [-0.05, 0) is 39.0 Å². The zero-order chi connectivity index (χ0) is 15.5. The first-order valence-corrected chi connectivity index (χ1v) is 11.0. The summed E-state index contributed by atoms with van der Waals surface area (Å²) in [5.74, 6) is 0. The van der Waals surface area contributed by atoms with E-state index in [-0.39, 0.29) is 0 Å². The molecule has 0 aromatic rings. The second-order valence-corrected chi connectivity index (χ2v) is 9.33. The predicted octanol–water partition coefficient (Wildman–Crippen LogP) is 0.758. The quantitative estimate of drug-likeness (QED) is 0.457. The summed E-state index contributed by atoms with van der Waals surface area (Å²) in [6, 6.07) is 0. The van der Waals surface area contributed by atoms with Crippen molar-refractivity contribution in [3.63, 3.8) is 0 Å². The van der Waals surface area contributed by atoms with Gasteiger partial charge in [0.15, 0.2) is 0 Å². The Morgan fingerprint density at radius 1 is 0.600 bits per heavy atom. The summed E-state index contributed by atoms with van der Waals surface area (Å²) in [5, 5.41) is 13.7. The van der Waals surface area contributed by atoms with Crippen LogP contribution in [0.2, 0.25) is 0 Å². The third kappa shape index (κ3) is 27.2. The molecule has 1 aliphatic heterocycles. The minimum Gasteiger partial charge on any atom is -0.120 e. The molecule has 0 aromatic heterocycles. The van der Waals surface area contributed by atoms with Crippen molar-refractivity contribution in [2.45, 2.75) is 12.8 Å². The molecule has 1 fully saturated rings. The average molecular weight is 393 g/mol. The summed E-state index contributed by atoms with van der Waals surface area (Å²) in [6.45, 7) is 8.87. The van der Waals surface area contributed by atoms with Crippen molar-refractivity contribution >= 4 is 30.3 Å². The van der Waals surface area contributed by atoms with Crippen molar-refractivity contribution in [1.82, 2.24) is 26.9 Å². The monoisotopic (exact) mass is 391 g/mol. The molecule has 0 atom stereocenters. The van der Waals surface area contributed by atoms with Crippen molar-refractivity contribution in [2.75, 3.05) is 52.4 Å². The van der Waals surface area contributed by atoms with Crippen LogP contribution in [-0.2, 0) is 11.2 Å². The van der Waals surface area contributed by atoms with E-state index in [1.54, 1.807) is 0 Å². The molecule has 1 rings (SSSR count). The molecule has 6 nitrogen and oxygen atoms in total. The van der Waals surface area contributed by atoms with Crippen LogP contribution in [0.3, 0.4) is 0 Å². The number of halogens is 3. The number of nitrogens with zero attached hydrogens (tertiary/aromatic N) is 1. The molecular formula is C10H24Cl3FeN5O. The fraction of sp³-hybridized carbons (Fsp3) is 1.00. The van der Waals surface area contributed by atoms with E-state index in [9.17, 15) is 0 Å². The van der Waals surface area contributed by atoms with Gasteiger partial charge >= 0.3 is 41.5 Å². The third-order valence-electron chi connectivity index (χ3n) is 2.37. The summed E-state index contributed by atoms with van der Waals surface area (Å²) in [5.41, 5.74) is 5.75. The first-order chi connectivity index (χ1) is 9.73. The number of hydrogen-bond acceptors (Lipinski definition) is 5. The Kier molecular flexibility index (Phi) is 25.5. The SMILES string of the molecule is C1CNCCNCCCNCCNC1.[Cl][Fe]([Cl])[Cl].[N]=O. The van der Waals surface area contributed by atoms with Gasteiger partial charge in [0.25, 0.3) is 0 Å². The molecule has 0 bridgehead atoms. The molecule has 1 heterocycles. The van der Waals surface area contributed by atoms with Crippen LogP contribution >= 0.6 is 30.3 Å². The second kappa shape index (κ2) is 22.1. The maximum Gasteiger partial charge on any atom is 0.120 e. The third-order valence-corrected chi connectivity index (χ3v) is 2.37. The van der Waals surface area contributed by atoms with Gasteiger partial charge in [-0.3, -0.25) is 0 Å². The van der Waals surface area contributed by atoms with Gasteiger partial charge in [0.2, 0.25) is 0 Å². The van der Waals surface area contributed by atoms with Crippen LogP contribution < -0.4 is 26.9 Å². The summed E-state index contributed by atoms with van der Waals surface area (Å²) in [7, 11) is 14.7.